The van der Waals surface area contributed by atoms with E-state index in [1.54, 1.807) is 13.8 Å². The molecule has 96 valence electrons. The molecule has 0 aromatic carbocycles. The summed E-state index contributed by atoms with van der Waals surface area (Å²) in [5.41, 5.74) is -1.01. The maximum Gasteiger partial charge on any atom is 0.309 e. The number of carboxylic acid groups (broad SMARTS) is 1. The van der Waals surface area contributed by atoms with Crippen LogP contribution < -0.4 is 0 Å². The molecule has 0 unspecified atom stereocenters. The van der Waals surface area contributed by atoms with Crippen molar-refractivity contribution in [1.29, 1.82) is 0 Å². The van der Waals surface area contributed by atoms with Crippen LogP contribution >= 0.6 is 0 Å². The van der Waals surface area contributed by atoms with E-state index in [1.807, 2.05) is 27.7 Å². The van der Waals surface area contributed by atoms with Crippen LogP contribution in [0.3, 0.4) is 0 Å². The number of aliphatic carboxylic acids is 1. The predicted octanol–water partition coefficient (Wildman–Crippen LogP) is 3.52. The molecule has 0 heterocycles. The predicted molar refractivity (Wildman–Crippen MR) is 66.5 cm³/mol. The maximum atomic E-state index is 11.0. The van der Waals surface area contributed by atoms with Gasteiger partial charge in [-0.3, -0.25) is 4.79 Å². The van der Waals surface area contributed by atoms with Crippen molar-refractivity contribution in [2.75, 3.05) is 0 Å². The first kappa shape index (κ1) is 17.5. The van der Waals surface area contributed by atoms with E-state index in [2.05, 4.69) is 0 Å². The number of rotatable bonds is 5. The first-order valence-electron chi connectivity index (χ1n) is 5.80. The monoisotopic (exact) mass is 230 g/mol. The molecule has 0 aromatic rings. The first-order chi connectivity index (χ1) is 7.07. The number of carboxylic acids is 1. The Morgan fingerprint density at radius 1 is 1.06 bits per heavy atom. The van der Waals surface area contributed by atoms with Crippen LogP contribution in [0, 0.1) is 10.8 Å². The lowest BCUT2D eigenvalue weighted by atomic mass is 9.73. The smallest absolute Gasteiger partial charge is 0.309 e. The van der Waals surface area contributed by atoms with Crippen molar-refractivity contribution >= 4 is 11.8 Å². The lowest BCUT2D eigenvalue weighted by Crippen LogP contribution is -2.31. The van der Waals surface area contributed by atoms with E-state index in [0.717, 1.165) is 0 Å². The van der Waals surface area contributed by atoms with Gasteiger partial charge in [0.1, 0.15) is 5.78 Å². The van der Waals surface area contributed by atoms with Gasteiger partial charge >= 0.3 is 5.97 Å². The van der Waals surface area contributed by atoms with Gasteiger partial charge < -0.3 is 9.90 Å². The second-order valence-electron chi connectivity index (χ2n) is 5.41. The number of ketones is 1. The number of carbonyl (C=O) groups is 2. The van der Waals surface area contributed by atoms with Crippen molar-refractivity contribution in [1.82, 2.24) is 0 Å². The summed E-state index contributed by atoms with van der Waals surface area (Å²) in [6.45, 7) is 12.8. The second kappa shape index (κ2) is 6.66. The fourth-order valence-electron chi connectivity index (χ4n) is 2.01. The van der Waals surface area contributed by atoms with Crippen molar-refractivity contribution in [2.24, 2.45) is 10.8 Å². The SMILES string of the molecule is CC.CC(=O)CC(C)(C)CC(C)(C)C(=O)O. The molecule has 0 aliphatic rings. The van der Waals surface area contributed by atoms with Gasteiger partial charge in [0.05, 0.1) is 5.41 Å². The highest BCUT2D eigenvalue weighted by Crippen LogP contribution is 2.36. The highest BCUT2D eigenvalue weighted by atomic mass is 16.4. The van der Waals surface area contributed by atoms with Crippen molar-refractivity contribution in [3.05, 3.63) is 0 Å². The lowest BCUT2D eigenvalue weighted by molar-refractivity contribution is -0.149. The minimum Gasteiger partial charge on any atom is -0.481 e. The standard InChI is InChI=1S/C11H20O3.C2H6/c1-8(12)6-10(2,3)7-11(4,5)9(13)14;1-2/h6-7H2,1-5H3,(H,13,14);1-2H3. The fraction of sp³-hybridized carbons (Fsp3) is 0.846. The molecule has 0 radical (unpaired) electrons. The van der Waals surface area contributed by atoms with E-state index >= 15 is 0 Å². The molecular formula is C13H26O3. The molecule has 0 saturated carbocycles. The van der Waals surface area contributed by atoms with E-state index in [4.69, 9.17) is 5.11 Å². The van der Waals surface area contributed by atoms with E-state index in [0.29, 0.717) is 12.8 Å². The summed E-state index contributed by atoms with van der Waals surface area (Å²) in [7, 11) is 0. The minimum absolute atomic E-state index is 0.108. The topological polar surface area (TPSA) is 54.4 Å². The van der Waals surface area contributed by atoms with E-state index in [1.165, 1.54) is 6.92 Å². The summed E-state index contributed by atoms with van der Waals surface area (Å²) < 4.78 is 0. The van der Waals surface area contributed by atoms with Gasteiger partial charge in [-0.15, -0.1) is 0 Å². The van der Waals surface area contributed by atoms with Gasteiger partial charge in [0.15, 0.2) is 0 Å². The molecule has 16 heavy (non-hydrogen) atoms. The Morgan fingerprint density at radius 2 is 1.44 bits per heavy atom. The summed E-state index contributed by atoms with van der Waals surface area (Å²) in [5.74, 6) is -0.703. The average Bonchev–Trinajstić information content (AvgIpc) is 2.02. The Hall–Kier alpha value is -0.860. The van der Waals surface area contributed by atoms with Gasteiger partial charge in [-0.1, -0.05) is 27.7 Å². The summed E-state index contributed by atoms with van der Waals surface area (Å²) in [6.07, 6.45) is 0.943. The molecule has 1 N–H and O–H groups in total. The summed E-state index contributed by atoms with van der Waals surface area (Å²) in [6, 6.07) is 0. The molecule has 0 amide bonds. The van der Waals surface area contributed by atoms with Crippen LogP contribution in [0.5, 0.6) is 0 Å². The molecule has 0 spiro atoms. The third-order valence-corrected chi connectivity index (χ3v) is 2.23. The molecule has 0 fully saturated rings. The molecule has 0 bridgehead atoms. The highest BCUT2D eigenvalue weighted by molar-refractivity contribution is 5.77. The normalized spacial score (nSPS) is 11.4. The number of Topliss-reactive ketones (excluding diaryl/α,β-unsaturated/α-hetero) is 1. The van der Waals surface area contributed by atoms with Crippen LogP contribution in [0.25, 0.3) is 0 Å². The summed E-state index contributed by atoms with van der Waals surface area (Å²) in [4.78, 5) is 21.9. The van der Waals surface area contributed by atoms with Crippen LogP contribution in [-0.2, 0) is 9.59 Å². The van der Waals surface area contributed by atoms with Gasteiger partial charge in [0.2, 0.25) is 0 Å². The zero-order valence-electron chi connectivity index (χ0n) is 11.7. The molecular weight excluding hydrogens is 204 g/mol. The van der Waals surface area contributed by atoms with Gasteiger partial charge in [-0.25, -0.2) is 0 Å². The Bertz CT molecular complexity index is 240. The fourth-order valence-corrected chi connectivity index (χ4v) is 2.01. The molecule has 0 aliphatic heterocycles. The van der Waals surface area contributed by atoms with Gasteiger partial charge in [0.25, 0.3) is 0 Å². The first-order valence-corrected chi connectivity index (χ1v) is 5.80. The number of hydrogen-bond acceptors (Lipinski definition) is 2. The van der Waals surface area contributed by atoms with E-state index < -0.39 is 11.4 Å². The van der Waals surface area contributed by atoms with Crippen molar-refractivity contribution in [3.63, 3.8) is 0 Å². The van der Waals surface area contributed by atoms with Crippen LogP contribution in [0.15, 0.2) is 0 Å². The lowest BCUT2D eigenvalue weighted by Gasteiger charge is -2.31. The van der Waals surface area contributed by atoms with Gasteiger partial charge in [-0.2, -0.15) is 0 Å². The second-order valence-corrected chi connectivity index (χ2v) is 5.41. The Balaban J connectivity index is 0. The zero-order valence-corrected chi connectivity index (χ0v) is 11.7. The third-order valence-electron chi connectivity index (χ3n) is 2.23. The van der Waals surface area contributed by atoms with E-state index in [-0.39, 0.29) is 11.2 Å². The zero-order chi connectivity index (χ0) is 13.6. The Labute approximate surface area is 99.2 Å². The molecule has 0 saturated heterocycles. The van der Waals surface area contributed by atoms with Crippen molar-refractivity contribution in [3.8, 4) is 0 Å². The van der Waals surface area contributed by atoms with Crippen LogP contribution in [0.1, 0.15) is 61.3 Å². The Kier molecular flexibility index (Phi) is 7.30. The molecule has 0 aromatic heterocycles. The molecule has 0 aliphatic carbocycles. The minimum atomic E-state index is -0.811. The molecule has 3 nitrogen and oxygen atoms in total. The number of carbonyl (C=O) groups excluding carboxylic acids is 1. The van der Waals surface area contributed by atoms with Crippen LogP contribution in [0.4, 0.5) is 0 Å². The number of hydrogen-bond donors (Lipinski definition) is 1. The molecule has 3 heteroatoms. The van der Waals surface area contributed by atoms with Crippen LogP contribution in [0.2, 0.25) is 0 Å². The quantitative estimate of drug-likeness (QED) is 0.786. The maximum absolute atomic E-state index is 11.0. The highest BCUT2D eigenvalue weighted by Gasteiger charge is 2.35. The van der Waals surface area contributed by atoms with Gasteiger partial charge in [-0.05, 0) is 32.6 Å². The largest absolute Gasteiger partial charge is 0.481 e. The summed E-state index contributed by atoms with van der Waals surface area (Å²) >= 11 is 0. The average molecular weight is 230 g/mol. The van der Waals surface area contributed by atoms with Gasteiger partial charge in [0, 0.05) is 6.42 Å². The third kappa shape index (κ3) is 7.43. The van der Waals surface area contributed by atoms with Crippen molar-refractivity contribution in [2.45, 2.75) is 61.3 Å². The van der Waals surface area contributed by atoms with E-state index in [9.17, 15) is 9.59 Å². The molecule has 0 rings (SSSR count). The van der Waals surface area contributed by atoms with Crippen molar-refractivity contribution < 1.29 is 14.7 Å². The van der Waals surface area contributed by atoms with Crippen LogP contribution in [-0.4, -0.2) is 16.9 Å². The Morgan fingerprint density at radius 3 is 1.69 bits per heavy atom. The summed E-state index contributed by atoms with van der Waals surface area (Å²) in [5, 5.41) is 8.95. The molecule has 0 atom stereocenters.